The summed E-state index contributed by atoms with van der Waals surface area (Å²) in [6.07, 6.45) is -4.36. The summed E-state index contributed by atoms with van der Waals surface area (Å²) in [6.45, 7) is 2.34. The van der Waals surface area contributed by atoms with Crippen molar-refractivity contribution in [3.05, 3.63) is 95.8 Å². The number of para-hydroxylation sites is 2. The van der Waals surface area contributed by atoms with E-state index in [0.29, 0.717) is 29.1 Å². The summed E-state index contributed by atoms with van der Waals surface area (Å²) < 4.78 is 54.4. The van der Waals surface area contributed by atoms with Crippen molar-refractivity contribution in [2.75, 3.05) is 11.9 Å². The van der Waals surface area contributed by atoms with Gasteiger partial charge in [-0.25, -0.2) is 4.98 Å². The molecule has 6 rings (SSSR count). The van der Waals surface area contributed by atoms with E-state index in [1.165, 1.54) is 0 Å². The van der Waals surface area contributed by atoms with Crippen molar-refractivity contribution in [1.82, 2.24) is 14.5 Å². The minimum atomic E-state index is -5.05. The molecular weight excluding hydrogens is 589 g/mol. The number of amides is 2. The Labute approximate surface area is 257 Å². The molecule has 45 heavy (non-hydrogen) atoms. The lowest BCUT2D eigenvalue weighted by molar-refractivity contribution is -0.276. The minimum Gasteiger partial charge on any atom is -0.392 e. The van der Waals surface area contributed by atoms with Crippen LogP contribution in [0, 0.1) is 5.92 Å². The average molecular weight is 623 g/mol. The van der Waals surface area contributed by atoms with Crippen molar-refractivity contribution < 1.29 is 37.3 Å². The first-order valence-corrected chi connectivity index (χ1v) is 14.8. The fourth-order valence-electron chi connectivity index (χ4n) is 6.11. The Balaban J connectivity index is 1.25. The molecule has 0 spiro atoms. The van der Waals surface area contributed by atoms with Crippen molar-refractivity contribution in [3.8, 4) is 0 Å². The molecule has 0 bridgehead atoms. The Morgan fingerprint density at radius 2 is 1.80 bits per heavy atom. The van der Waals surface area contributed by atoms with Gasteiger partial charge in [-0.1, -0.05) is 55.5 Å². The molecule has 1 aromatic heterocycles. The Bertz CT molecular complexity index is 1670. The van der Waals surface area contributed by atoms with Crippen LogP contribution in [0.4, 0.5) is 18.9 Å². The predicted molar refractivity (Wildman–Crippen MR) is 159 cm³/mol. The van der Waals surface area contributed by atoms with Gasteiger partial charge in [0.1, 0.15) is 6.04 Å². The van der Waals surface area contributed by atoms with E-state index in [2.05, 4.69) is 17.2 Å². The number of halogens is 3. The Kier molecular flexibility index (Phi) is 8.63. The van der Waals surface area contributed by atoms with Gasteiger partial charge in [0.15, 0.2) is 6.29 Å². The van der Waals surface area contributed by atoms with Crippen LogP contribution in [0.2, 0.25) is 0 Å². The van der Waals surface area contributed by atoms with Crippen LogP contribution in [0.15, 0.2) is 79.1 Å². The first-order chi connectivity index (χ1) is 21.6. The molecule has 2 aliphatic rings. The van der Waals surface area contributed by atoms with Gasteiger partial charge < -0.3 is 29.4 Å². The van der Waals surface area contributed by atoms with Gasteiger partial charge in [0.25, 0.3) is 0 Å². The third kappa shape index (κ3) is 6.44. The van der Waals surface area contributed by atoms with Crippen LogP contribution in [-0.4, -0.2) is 56.2 Å². The number of rotatable bonds is 7. The summed E-state index contributed by atoms with van der Waals surface area (Å²) in [6, 6.07) is 20.9. The summed E-state index contributed by atoms with van der Waals surface area (Å²) in [4.78, 5) is 30.0. The fraction of sp³-hybridized carbons (Fsp3) is 0.364. The van der Waals surface area contributed by atoms with Crippen LogP contribution in [-0.2, 0) is 32.2 Å². The maximum Gasteiger partial charge on any atom is 0.471 e. The normalized spacial score (nSPS) is 23.8. The number of aliphatic hydroxyl groups is 1. The molecule has 236 valence electrons. The average Bonchev–Trinajstić information content (AvgIpc) is 3.69. The van der Waals surface area contributed by atoms with E-state index in [-0.39, 0.29) is 37.7 Å². The topological polar surface area (TPSA) is 106 Å². The van der Waals surface area contributed by atoms with E-state index < -0.39 is 30.3 Å². The van der Waals surface area contributed by atoms with E-state index in [0.717, 1.165) is 22.2 Å². The number of ether oxygens (including phenoxy) is 2. The lowest BCUT2D eigenvalue weighted by Gasteiger charge is -2.41. The number of likely N-dealkylation sites (tertiary alicyclic amines) is 1. The molecule has 2 amide bonds. The summed E-state index contributed by atoms with van der Waals surface area (Å²) in [7, 11) is 0. The molecule has 3 aromatic carbocycles. The summed E-state index contributed by atoms with van der Waals surface area (Å²) in [5.41, 5.74) is 4.47. The van der Waals surface area contributed by atoms with Gasteiger partial charge in [0, 0.05) is 23.7 Å². The van der Waals surface area contributed by atoms with Crippen molar-refractivity contribution in [2.45, 2.75) is 63.6 Å². The first kappa shape index (κ1) is 30.8. The quantitative estimate of drug-likeness (QED) is 0.282. The zero-order valence-electron chi connectivity index (χ0n) is 24.5. The Morgan fingerprint density at radius 3 is 2.56 bits per heavy atom. The summed E-state index contributed by atoms with van der Waals surface area (Å²) in [5.74, 6) is -2.79. The molecule has 2 aliphatic heterocycles. The molecule has 0 aliphatic carbocycles. The number of imidazole rings is 1. The van der Waals surface area contributed by atoms with Crippen molar-refractivity contribution in [3.63, 3.8) is 0 Å². The van der Waals surface area contributed by atoms with Gasteiger partial charge in [-0.15, -0.1) is 0 Å². The maximum absolute atomic E-state index is 13.1. The van der Waals surface area contributed by atoms with Crippen LogP contribution in [0.1, 0.15) is 48.8 Å². The minimum absolute atomic E-state index is 0.0785. The molecular formula is C33H33F3N4O5. The number of carbonyl (C=O) groups excluding carboxylic acids is 2. The fourth-order valence-corrected chi connectivity index (χ4v) is 6.11. The van der Waals surface area contributed by atoms with Crippen LogP contribution >= 0.6 is 0 Å². The molecule has 5 atom stereocenters. The van der Waals surface area contributed by atoms with E-state index in [1.807, 2.05) is 53.1 Å². The summed E-state index contributed by atoms with van der Waals surface area (Å²) >= 11 is 0. The molecule has 0 radical (unpaired) electrons. The molecule has 2 fully saturated rings. The number of aliphatic hydroxyl groups excluding tert-OH is 1. The van der Waals surface area contributed by atoms with Crippen LogP contribution in [0.25, 0.3) is 11.0 Å². The monoisotopic (exact) mass is 622 g/mol. The Morgan fingerprint density at radius 1 is 1.02 bits per heavy atom. The van der Waals surface area contributed by atoms with Crippen molar-refractivity contribution in [2.24, 2.45) is 5.92 Å². The highest BCUT2D eigenvalue weighted by Crippen LogP contribution is 2.42. The smallest absolute Gasteiger partial charge is 0.392 e. The SMILES string of the molecule is C[C@H]1[C@@H](Cn2cnc3ccccc32)O[C@@H](c2cccc(NC(=O)[C@@H]3CCCN3C(=O)C(F)(F)F)c2)O[C@H]1c1ccc(CO)cc1. The number of anilines is 1. The van der Waals surface area contributed by atoms with Crippen LogP contribution in [0.5, 0.6) is 0 Å². The molecule has 3 heterocycles. The van der Waals surface area contributed by atoms with E-state index in [4.69, 9.17) is 9.47 Å². The zero-order chi connectivity index (χ0) is 31.7. The highest BCUT2D eigenvalue weighted by molar-refractivity contribution is 5.98. The number of nitrogens with zero attached hydrogens (tertiary/aromatic N) is 3. The largest absolute Gasteiger partial charge is 0.471 e. The second-order valence-corrected chi connectivity index (χ2v) is 11.5. The van der Waals surface area contributed by atoms with Crippen molar-refractivity contribution >= 4 is 28.5 Å². The molecule has 12 heteroatoms. The Hall–Kier alpha value is -4.26. The maximum atomic E-state index is 13.1. The molecule has 2 saturated heterocycles. The van der Waals surface area contributed by atoms with E-state index >= 15 is 0 Å². The lowest BCUT2D eigenvalue weighted by Crippen LogP contribution is -2.48. The van der Waals surface area contributed by atoms with Crippen LogP contribution in [0.3, 0.4) is 0 Å². The standard InChI is InChI=1S/C33H33F3N4O5/c1-20-28(17-39-19-37-25-8-2-3-9-26(25)39)44-31(45-29(20)22-13-11-21(18-41)12-14-22)23-6-4-7-24(16-23)38-30(42)27-10-5-15-40(27)32(43)33(34,35)36/h2-4,6-9,11-14,16,19-20,27-29,31,41H,5,10,15,17-18H2,1H3,(H,38,42)/t20-,27-,28+,29+,31+/m0/s1. The molecule has 0 unspecified atom stereocenters. The number of nitrogens with one attached hydrogen (secondary N) is 1. The third-order valence-electron chi connectivity index (χ3n) is 8.51. The number of benzene rings is 3. The van der Waals surface area contributed by atoms with E-state index in [1.54, 1.807) is 30.6 Å². The number of aromatic nitrogens is 2. The molecule has 9 nitrogen and oxygen atoms in total. The van der Waals surface area contributed by atoms with Crippen molar-refractivity contribution in [1.29, 1.82) is 0 Å². The molecule has 2 N–H and O–H groups in total. The van der Waals surface area contributed by atoms with Gasteiger partial charge in [0.2, 0.25) is 5.91 Å². The number of alkyl halides is 3. The first-order valence-electron chi connectivity index (χ1n) is 14.8. The number of fused-ring (bicyclic) bond motifs is 1. The van der Waals surface area contributed by atoms with Gasteiger partial charge >= 0.3 is 12.1 Å². The highest BCUT2D eigenvalue weighted by Gasteiger charge is 2.47. The second kappa shape index (κ2) is 12.6. The predicted octanol–water partition coefficient (Wildman–Crippen LogP) is 5.51. The van der Waals surface area contributed by atoms with Gasteiger partial charge in [-0.2, -0.15) is 13.2 Å². The number of hydrogen-bond donors (Lipinski definition) is 2. The third-order valence-corrected chi connectivity index (χ3v) is 8.51. The van der Waals surface area contributed by atoms with Gasteiger partial charge in [-0.3, -0.25) is 9.59 Å². The van der Waals surface area contributed by atoms with Gasteiger partial charge in [0.05, 0.1) is 42.7 Å². The van der Waals surface area contributed by atoms with E-state index in [9.17, 15) is 27.9 Å². The number of hydrogen-bond acceptors (Lipinski definition) is 6. The van der Waals surface area contributed by atoms with Gasteiger partial charge in [-0.05, 0) is 48.2 Å². The summed E-state index contributed by atoms with van der Waals surface area (Å²) in [5, 5.41) is 12.2. The molecule has 4 aromatic rings. The zero-order valence-corrected chi connectivity index (χ0v) is 24.5. The molecule has 0 saturated carbocycles. The van der Waals surface area contributed by atoms with Crippen LogP contribution < -0.4 is 5.32 Å². The lowest BCUT2D eigenvalue weighted by atomic mass is 9.90. The second-order valence-electron chi connectivity index (χ2n) is 11.5. The number of carbonyl (C=O) groups is 2. The highest BCUT2D eigenvalue weighted by atomic mass is 19.4.